The molecule has 0 atom stereocenters. The first-order valence-electron chi connectivity index (χ1n) is 9.95. The van der Waals surface area contributed by atoms with Gasteiger partial charge in [0.1, 0.15) is 11.8 Å². The Balaban J connectivity index is 1.53. The molecule has 0 aliphatic heterocycles. The Kier molecular flexibility index (Phi) is 5.52. The fourth-order valence-corrected chi connectivity index (χ4v) is 3.53. The third kappa shape index (κ3) is 4.20. The second kappa shape index (κ2) is 8.41. The number of pyridine rings is 1. The molecule has 7 heteroatoms. The van der Waals surface area contributed by atoms with Gasteiger partial charge in [-0.2, -0.15) is 15.1 Å². The molecule has 0 saturated heterocycles. The lowest BCUT2D eigenvalue weighted by Gasteiger charge is -2.10. The van der Waals surface area contributed by atoms with E-state index < -0.39 is 0 Å². The SMILES string of the molecule is Cc1ccc(Cn2ccccc2=NC(=O)CCc2c(C)nc3ncnn3c2C)cc1. The Morgan fingerprint density at radius 3 is 2.67 bits per heavy atom. The molecule has 0 unspecified atom stereocenters. The van der Waals surface area contributed by atoms with Gasteiger partial charge in [0.25, 0.3) is 5.78 Å². The molecule has 152 valence electrons. The highest BCUT2D eigenvalue weighted by molar-refractivity contribution is 5.77. The predicted octanol–water partition coefficient (Wildman–Crippen LogP) is 2.96. The Labute approximate surface area is 174 Å². The summed E-state index contributed by atoms with van der Waals surface area (Å²) in [5.41, 5.74) is 5.88. The minimum absolute atomic E-state index is 0.156. The van der Waals surface area contributed by atoms with E-state index in [1.54, 1.807) is 4.52 Å². The molecule has 0 aliphatic rings. The van der Waals surface area contributed by atoms with E-state index in [-0.39, 0.29) is 5.91 Å². The van der Waals surface area contributed by atoms with Crippen LogP contribution in [0.15, 0.2) is 60.0 Å². The molecule has 3 heterocycles. The van der Waals surface area contributed by atoms with Crippen LogP contribution in [0, 0.1) is 20.8 Å². The van der Waals surface area contributed by atoms with Gasteiger partial charge < -0.3 is 4.57 Å². The number of carbonyl (C=O) groups excluding carboxylic acids is 1. The summed E-state index contributed by atoms with van der Waals surface area (Å²) in [7, 11) is 0. The van der Waals surface area contributed by atoms with Crippen molar-refractivity contribution in [3.63, 3.8) is 0 Å². The summed E-state index contributed by atoms with van der Waals surface area (Å²) in [6, 6.07) is 14.1. The molecule has 0 saturated carbocycles. The maximum Gasteiger partial charge on any atom is 0.252 e. The van der Waals surface area contributed by atoms with Crippen LogP contribution in [0.2, 0.25) is 0 Å². The third-order valence-corrected chi connectivity index (χ3v) is 5.21. The van der Waals surface area contributed by atoms with Crippen molar-refractivity contribution in [3.05, 3.63) is 88.6 Å². The van der Waals surface area contributed by atoms with E-state index in [9.17, 15) is 4.79 Å². The van der Waals surface area contributed by atoms with Gasteiger partial charge in [0, 0.05) is 30.6 Å². The summed E-state index contributed by atoms with van der Waals surface area (Å²) in [6.07, 6.45) is 4.31. The van der Waals surface area contributed by atoms with Crippen molar-refractivity contribution in [2.24, 2.45) is 4.99 Å². The van der Waals surface area contributed by atoms with Gasteiger partial charge in [0.15, 0.2) is 0 Å². The monoisotopic (exact) mass is 400 g/mol. The van der Waals surface area contributed by atoms with Gasteiger partial charge in [-0.15, -0.1) is 0 Å². The standard InChI is InChI=1S/C23H24N6O/c1-16-7-9-19(10-8-16)14-28-13-5-4-6-21(28)27-22(30)12-11-20-17(2)26-23-24-15-25-29(23)18(20)3/h4-10,13,15H,11-12,14H2,1-3H3. The average molecular weight is 400 g/mol. The van der Waals surface area contributed by atoms with Crippen LogP contribution < -0.4 is 5.49 Å². The van der Waals surface area contributed by atoms with E-state index in [0.717, 1.165) is 17.0 Å². The predicted molar refractivity (Wildman–Crippen MR) is 114 cm³/mol. The number of hydrogen-bond acceptors (Lipinski definition) is 4. The summed E-state index contributed by atoms with van der Waals surface area (Å²) in [4.78, 5) is 25.6. The summed E-state index contributed by atoms with van der Waals surface area (Å²) >= 11 is 0. The lowest BCUT2D eigenvalue weighted by atomic mass is 10.1. The minimum atomic E-state index is -0.156. The van der Waals surface area contributed by atoms with Gasteiger partial charge in [0.2, 0.25) is 5.91 Å². The molecule has 0 N–H and O–H groups in total. The van der Waals surface area contributed by atoms with Crippen molar-refractivity contribution in [2.45, 2.75) is 40.2 Å². The van der Waals surface area contributed by atoms with E-state index in [2.05, 4.69) is 51.2 Å². The van der Waals surface area contributed by atoms with Crippen LogP contribution in [-0.2, 0) is 17.8 Å². The third-order valence-electron chi connectivity index (χ3n) is 5.21. The number of fused-ring (bicyclic) bond motifs is 1. The zero-order valence-corrected chi connectivity index (χ0v) is 17.4. The average Bonchev–Trinajstić information content (AvgIpc) is 3.19. The van der Waals surface area contributed by atoms with Gasteiger partial charge in [0.05, 0.1) is 0 Å². The second-order valence-corrected chi connectivity index (χ2v) is 7.41. The minimum Gasteiger partial charge on any atom is -0.329 e. The highest BCUT2D eigenvalue weighted by Gasteiger charge is 2.12. The molecule has 4 rings (SSSR count). The number of aryl methyl sites for hydroxylation is 3. The molecule has 4 aromatic rings. The molecule has 0 radical (unpaired) electrons. The van der Waals surface area contributed by atoms with Crippen molar-refractivity contribution >= 4 is 11.7 Å². The quantitative estimate of drug-likeness (QED) is 0.516. The maximum absolute atomic E-state index is 12.6. The van der Waals surface area contributed by atoms with Crippen LogP contribution in [0.1, 0.15) is 34.5 Å². The number of aromatic nitrogens is 5. The molecular weight excluding hydrogens is 376 g/mol. The highest BCUT2D eigenvalue weighted by atomic mass is 16.1. The maximum atomic E-state index is 12.6. The van der Waals surface area contributed by atoms with Crippen molar-refractivity contribution in [3.8, 4) is 0 Å². The summed E-state index contributed by atoms with van der Waals surface area (Å²) < 4.78 is 3.69. The fraction of sp³-hybridized carbons (Fsp3) is 0.261. The molecular formula is C23H24N6O. The first kappa shape index (κ1) is 19.7. The van der Waals surface area contributed by atoms with Crippen LogP contribution in [0.4, 0.5) is 0 Å². The first-order valence-corrected chi connectivity index (χ1v) is 9.95. The summed E-state index contributed by atoms with van der Waals surface area (Å²) in [5.74, 6) is 0.419. The Bertz CT molecular complexity index is 1270. The van der Waals surface area contributed by atoms with Gasteiger partial charge in [-0.3, -0.25) is 4.79 Å². The van der Waals surface area contributed by atoms with Crippen LogP contribution in [0.5, 0.6) is 0 Å². The summed E-state index contributed by atoms with van der Waals surface area (Å²) in [6.45, 7) is 6.64. The molecule has 0 fully saturated rings. The molecule has 1 aromatic carbocycles. The van der Waals surface area contributed by atoms with Gasteiger partial charge in [-0.25, -0.2) is 9.50 Å². The largest absolute Gasteiger partial charge is 0.329 e. The second-order valence-electron chi connectivity index (χ2n) is 7.41. The summed E-state index contributed by atoms with van der Waals surface area (Å²) in [5, 5.41) is 4.20. The lowest BCUT2D eigenvalue weighted by Crippen LogP contribution is -2.22. The number of rotatable bonds is 5. The van der Waals surface area contributed by atoms with E-state index in [1.807, 2.05) is 42.8 Å². The normalized spacial score (nSPS) is 11.9. The number of benzene rings is 1. The molecule has 7 nitrogen and oxygen atoms in total. The Morgan fingerprint density at radius 2 is 1.87 bits per heavy atom. The zero-order valence-electron chi connectivity index (χ0n) is 17.4. The van der Waals surface area contributed by atoms with Crippen molar-refractivity contribution in [2.75, 3.05) is 0 Å². The Morgan fingerprint density at radius 1 is 1.07 bits per heavy atom. The fourth-order valence-electron chi connectivity index (χ4n) is 3.53. The van der Waals surface area contributed by atoms with Crippen LogP contribution in [-0.4, -0.2) is 30.1 Å². The van der Waals surface area contributed by atoms with Crippen molar-refractivity contribution in [1.29, 1.82) is 0 Å². The number of hydrogen-bond donors (Lipinski definition) is 0. The highest BCUT2D eigenvalue weighted by Crippen LogP contribution is 2.15. The van der Waals surface area contributed by atoms with Crippen molar-refractivity contribution < 1.29 is 4.79 Å². The molecule has 0 spiro atoms. The van der Waals surface area contributed by atoms with E-state index in [4.69, 9.17) is 0 Å². The van der Waals surface area contributed by atoms with Crippen LogP contribution in [0.25, 0.3) is 5.78 Å². The Hall–Kier alpha value is -3.61. The number of carbonyl (C=O) groups is 1. The number of amides is 1. The van der Waals surface area contributed by atoms with Gasteiger partial charge in [-0.05, 0) is 50.5 Å². The zero-order chi connectivity index (χ0) is 21.1. The van der Waals surface area contributed by atoms with Crippen LogP contribution >= 0.6 is 0 Å². The molecule has 0 bridgehead atoms. The van der Waals surface area contributed by atoms with Crippen molar-refractivity contribution in [1.82, 2.24) is 24.1 Å². The van der Waals surface area contributed by atoms with Gasteiger partial charge >= 0.3 is 0 Å². The van der Waals surface area contributed by atoms with E-state index in [1.165, 1.54) is 17.5 Å². The molecule has 1 amide bonds. The van der Waals surface area contributed by atoms with E-state index >= 15 is 0 Å². The smallest absolute Gasteiger partial charge is 0.252 e. The van der Waals surface area contributed by atoms with Gasteiger partial charge in [-0.1, -0.05) is 35.9 Å². The number of nitrogens with zero attached hydrogens (tertiary/aromatic N) is 6. The molecule has 30 heavy (non-hydrogen) atoms. The topological polar surface area (TPSA) is 77.4 Å². The molecule has 3 aromatic heterocycles. The lowest BCUT2D eigenvalue weighted by molar-refractivity contribution is -0.118. The first-order chi connectivity index (χ1) is 14.5. The van der Waals surface area contributed by atoms with Crippen LogP contribution in [0.3, 0.4) is 0 Å². The van der Waals surface area contributed by atoms with E-state index in [0.29, 0.717) is 30.7 Å². The molecule has 0 aliphatic carbocycles.